The molecular formula is C18H18ClNO2S. The van der Waals surface area contributed by atoms with Crippen LogP contribution in [0.2, 0.25) is 0 Å². The van der Waals surface area contributed by atoms with Crippen molar-refractivity contribution in [1.82, 2.24) is 4.90 Å². The van der Waals surface area contributed by atoms with Gasteiger partial charge in [0.15, 0.2) is 0 Å². The Morgan fingerprint density at radius 3 is 2.70 bits per heavy atom. The molecule has 3 rings (SSSR count). The smallest absolute Gasteiger partial charge is 0.238 e. The summed E-state index contributed by atoms with van der Waals surface area (Å²) in [5.41, 5.74) is 2.15. The molecule has 1 aliphatic heterocycles. The van der Waals surface area contributed by atoms with Crippen LogP contribution in [0.3, 0.4) is 0 Å². The largest absolute Gasteiger partial charge is 0.489 e. The lowest BCUT2D eigenvalue weighted by atomic mass is 10.1. The lowest BCUT2D eigenvalue weighted by Crippen LogP contribution is -2.31. The third kappa shape index (κ3) is 3.82. The summed E-state index contributed by atoms with van der Waals surface area (Å²) in [5, 5.41) is -0.0202. The van der Waals surface area contributed by atoms with Crippen molar-refractivity contribution in [3.63, 3.8) is 0 Å². The number of carbonyl (C=O) groups is 1. The monoisotopic (exact) mass is 347 g/mol. The van der Waals surface area contributed by atoms with Crippen molar-refractivity contribution < 1.29 is 9.53 Å². The Kier molecular flexibility index (Phi) is 5.47. The predicted octanol–water partition coefficient (Wildman–Crippen LogP) is 4.08. The van der Waals surface area contributed by atoms with Crippen LogP contribution in [0, 0.1) is 0 Å². The summed E-state index contributed by atoms with van der Waals surface area (Å²) in [7, 11) is 0. The van der Waals surface area contributed by atoms with Gasteiger partial charge in [-0.2, -0.15) is 0 Å². The number of hydrogen-bond acceptors (Lipinski definition) is 3. The number of rotatable bonds is 5. The number of hydrogen-bond donors (Lipinski definition) is 0. The van der Waals surface area contributed by atoms with Crippen molar-refractivity contribution in [2.45, 2.75) is 12.0 Å². The van der Waals surface area contributed by atoms with Crippen molar-refractivity contribution in [3.05, 3.63) is 65.7 Å². The molecule has 2 aromatic rings. The number of nitrogens with zero attached hydrogens (tertiary/aromatic N) is 1. The van der Waals surface area contributed by atoms with Gasteiger partial charge in [0.1, 0.15) is 23.6 Å². The van der Waals surface area contributed by atoms with Gasteiger partial charge in [0.2, 0.25) is 5.91 Å². The molecule has 5 heteroatoms. The minimum absolute atomic E-state index is 0.0180. The van der Waals surface area contributed by atoms with Crippen molar-refractivity contribution in [1.29, 1.82) is 0 Å². The van der Waals surface area contributed by atoms with Crippen LogP contribution >= 0.6 is 23.4 Å². The quantitative estimate of drug-likeness (QED) is 0.763. The van der Waals surface area contributed by atoms with Gasteiger partial charge in [0, 0.05) is 17.9 Å². The Morgan fingerprint density at radius 1 is 1.17 bits per heavy atom. The summed E-state index contributed by atoms with van der Waals surface area (Å²) in [4.78, 5) is 13.9. The molecule has 1 saturated heterocycles. The van der Waals surface area contributed by atoms with E-state index in [1.54, 1.807) is 11.8 Å². The van der Waals surface area contributed by atoms with Gasteiger partial charge in [0.25, 0.3) is 0 Å². The summed E-state index contributed by atoms with van der Waals surface area (Å²) >= 11 is 7.48. The number of ether oxygens (including phenoxy) is 1. The van der Waals surface area contributed by atoms with Gasteiger partial charge in [-0.05, 0) is 11.6 Å². The van der Waals surface area contributed by atoms with E-state index in [9.17, 15) is 4.79 Å². The lowest BCUT2D eigenvalue weighted by molar-refractivity contribution is -0.128. The average molecular weight is 348 g/mol. The molecule has 0 radical (unpaired) electrons. The summed E-state index contributed by atoms with van der Waals surface area (Å²) < 4.78 is 6.01. The van der Waals surface area contributed by atoms with Crippen molar-refractivity contribution in [2.24, 2.45) is 0 Å². The second-order valence-corrected chi connectivity index (χ2v) is 6.71. The Hall–Kier alpha value is -1.65. The normalized spacial score (nSPS) is 17.3. The van der Waals surface area contributed by atoms with Crippen LogP contribution in [0.4, 0.5) is 0 Å². The fourth-order valence-corrected chi connectivity index (χ4v) is 4.07. The molecule has 120 valence electrons. The van der Waals surface area contributed by atoms with E-state index in [2.05, 4.69) is 0 Å². The highest BCUT2D eigenvalue weighted by Crippen LogP contribution is 2.42. The topological polar surface area (TPSA) is 29.5 Å². The van der Waals surface area contributed by atoms with Crippen LogP contribution in [0.5, 0.6) is 5.75 Å². The molecule has 1 amide bonds. The third-order valence-corrected chi connectivity index (χ3v) is 5.22. The maximum atomic E-state index is 12.0. The Labute approximate surface area is 145 Å². The van der Waals surface area contributed by atoms with E-state index in [1.165, 1.54) is 0 Å². The third-order valence-electron chi connectivity index (χ3n) is 3.75. The summed E-state index contributed by atoms with van der Waals surface area (Å²) in [5.74, 6) is 1.73. The maximum Gasteiger partial charge on any atom is 0.238 e. The SMILES string of the molecule is O=C(CCl)N1CCSC1c1ccccc1OCc1ccccc1. The van der Waals surface area contributed by atoms with Gasteiger partial charge in [-0.15, -0.1) is 23.4 Å². The second kappa shape index (κ2) is 7.75. The molecule has 0 aromatic heterocycles. The van der Waals surface area contributed by atoms with Crippen LogP contribution in [0.15, 0.2) is 54.6 Å². The minimum Gasteiger partial charge on any atom is -0.489 e. The zero-order valence-electron chi connectivity index (χ0n) is 12.7. The molecule has 1 heterocycles. The van der Waals surface area contributed by atoms with E-state index in [0.717, 1.165) is 29.2 Å². The molecule has 3 nitrogen and oxygen atoms in total. The molecule has 2 aromatic carbocycles. The standard InChI is InChI=1S/C18H18ClNO2S/c19-12-17(21)20-10-11-23-18(20)15-8-4-5-9-16(15)22-13-14-6-2-1-3-7-14/h1-9,18H,10-13H2. The molecule has 1 aliphatic rings. The number of thioether (sulfide) groups is 1. The van der Waals surface area contributed by atoms with Crippen molar-refractivity contribution in [2.75, 3.05) is 18.2 Å². The molecule has 1 unspecified atom stereocenters. The summed E-state index contributed by atoms with van der Waals surface area (Å²) in [6.45, 7) is 1.24. The fraction of sp³-hybridized carbons (Fsp3) is 0.278. The van der Waals surface area contributed by atoms with Crippen LogP contribution in [0.1, 0.15) is 16.5 Å². The molecule has 0 aliphatic carbocycles. The molecule has 0 N–H and O–H groups in total. The van der Waals surface area contributed by atoms with Crippen LogP contribution in [-0.4, -0.2) is 29.0 Å². The van der Waals surface area contributed by atoms with Crippen LogP contribution in [-0.2, 0) is 11.4 Å². The van der Waals surface area contributed by atoms with Gasteiger partial charge in [-0.3, -0.25) is 4.79 Å². The van der Waals surface area contributed by atoms with Crippen LogP contribution in [0.25, 0.3) is 0 Å². The predicted molar refractivity (Wildman–Crippen MR) is 94.8 cm³/mol. The highest BCUT2D eigenvalue weighted by Gasteiger charge is 2.31. The Balaban J connectivity index is 1.79. The first kappa shape index (κ1) is 16.2. The van der Waals surface area contributed by atoms with Gasteiger partial charge in [0.05, 0.1) is 0 Å². The molecule has 0 spiro atoms. The number of amides is 1. The fourth-order valence-electron chi connectivity index (χ4n) is 2.61. The number of para-hydroxylation sites is 1. The Bertz CT molecular complexity index is 665. The highest BCUT2D eigenvalue weighted by molar-refractivity contribution is 7.99. The molecular weight excluding hydrogens is 330 g/mol. The molecule has 23 heavy (non-hydrogen) atoms. The van der Waals surface area contributed by atoms with Gasteiger partial charge in [-0.25, -0.2) is 0 Å². The first-order valence-corrected chi connectivity index (χ1v) is 9.10. The first-order valence-electron chi connectivity index (χ1n) is 7.52. The summed E-state index contributed by atoms with van der Waals surface area (Å²) in [6, 6.07) is 18.0. The highest BCUT2D eigenvalue weighted by atomic mass is 35.5. The van der Waals surface area contributed by atoms with E-state index in [0.29, 0.717) is 6.61 Å². The van der Waals surface area contributed by atoms with Crippen molar-refractivity contribution >= 4 is 29.3 Å². The maximum absolute atomic E-state index is 12.0. The zero-order valence-corrected chi connectivity index (χ0v) is 14.2. The van der Waals surface area contributed by atoms with E-state index < -0.39 is 0 Å². The molecule has 1 atom stereocenters. The summed E-state index contributed by atoms with van der Waals surface area (Å²) in [6.07, 6.45) is 0. The van der Waals surface area contributed by atoms with E-state index in [1.807, 2.05) is 59.5 Å². The van der Waals surface area contributed by atoms with E-state index in [-0.39, 0.29) is 17.2 Å². The van der Waals surface area contributed by atoms with E-state index >= 15 is 0 Å². The second-order valence-electron chi connectivity index (χ2n) is 5.26. The van der Waals surface area contributed by atoms with Gasteiger partial charge in [-0.1, -0.05) is 48.5 Å². The van der Waals surface area contributed by atoms with Crippen LogP contribution < -0.4 is 4.74 Å². The number of benzene rings is 2. The Morgan fingerprint density at radius 2 is 1.91 bits per heavy atom. The van der Waals surface area contributed by atoms with Gasteiger partial charge >= 0.3 is 0 Å². The lowest BCUT2D eigenvalue weighted by Gasteiger charge is -2.25. The van der Waals surface area contributed by atoms with E-state index in [4.69, 9.17) is 16.3 Å². The van der Waals surface area contributed by atoms with Crippen molar-refractivity contribution in [3.8, 4) is 5.75 Å². The average Bonchev–Trinajstić information content (AvgIpc) is 3.10. The molecule has 1 fully saturated rings. The number of halogens is 1. The van der Waals surface area contributed by atoms with Gasteiger partial charge < -0.3 is 9.64 Å². The zero-order chi connectivity index (χ0) is 16.1. The minimum atomic E-state index is -0.0282. The molecule has 0 bridgehead atoms. The first-order chi connectivity index (χ1) is 11.3. The number of carbonyl (C=O) groups excluding carboxylic acids is 1. The molecule has 0 saturated carbocycles. The number of alkyl halides is 1.